The highest BCUT2D eigenvalue weighted by Crippen LogP contribution is 2.68. The van der Waals surface area contributed by atoms with Crippen molar-refractivity contribution < 1.29 is 4.18 Å². The minimum Gasteiger partial charge on any atom is -0.305 e. The van der Waals surface area contributed by atoms with Crippen molar-refractivity contribution in [1.29, 1.82) is 0 Å². The highest BCUT2D eigenvalue weighted by atomic mass is 34.1. The van der Waals surface area contributed by atoms with Crippen LogP contribution in [0.15, 0.2) is 0 Å². The smallest absolute Gasteiger partial charge is 0.0817 e. The second-order valence-corrected chi connectivity index (χ2v) is 81.5. The van der Waals surface area contributed by atoms with Crippen molar-refractivity contribution >= 4 is 434 Å². The third-order valence-electron chi connectivity index (χ3n) is 1.37. The highest BCUT2D eigenvalue weighted by molar-refractivity contribution is 9.62. The molecule has 0 aromatic carbocycles. The van der Waals surface area contributed by atoms with Gasteiger partial charge in [-0.3, -0.25) is 0 Å². The van der Waals surface area contributed by atoms with E-state index in [9.17, 15) is 0 Å². The van der Waals surface area contributed by atoms with Gasteiger partial charge in [0, 0.05) is 314 Å². The van der Waals surface area contributed by atoms with Crippen LogP contribution in [0.25, 0.3) is 0 Å². The van der Waals surface area contributed by atoms with E-state index in [2.05, 4.69) is 11.7 Å². The summed E-state index contributed by atoms with van der Waals surface area (Å²) < 4.78 is 5.10. The molecule has 0 heterocycles. The maximum Gasteiger partial charge on any atom is 0.0817 e. The average Bonchev–Trinajstić information content (AvgIpc) is 3.05. The van der Waals surface area contributed by atoms with Gasteiger partial charge in [-0.1, -0.05) is 11.7 Å². The van der Waals surface area contributed by atoms with Gasteiger partial charge in [-0.15, -0.1) is 0 Å². The van der Waals surface area contributed by atoms with Crippen molar-refractivity contribution in [2.45, 2.75) is 0 Å². The molecule has 0 unspecified atom stereocenters. The van der Waals surface area contributed by atoms with Crippen molar-refractivity contribution in [3.63, 3.8) is 0 Å². The molecule has 0 rings (SSSR count). The first-order valence-corrected chi connectivity index (χ1v) is 65.6. The standard InChI is InChI=1S/CH4OS44/c1-2-46(4,5)45-44-43-42-41-40-39-38-37-36-35-34-33-32-31-30-29-28-27-26-25-24-23-22-21-20-19-18-17-16-15-14-13-12-11-10-9-8-7-6-3/h3H,1H3. The SMILES string of the molecule is COS(=S)(=S)SSSSSSSSSSSSSSSSSSSSSSSSSSSSSSSSSSSSSSSSS. The molecular formula is CH4OS44. The summed E-state index contributed by atoms with van der Waals surface area (Å²) >= 11 is 14.4. The Morgan fingerprint density at radius 2 is 0.457 bits per heavy atom. The van der Waals surface area contributed by atoms with Gasteiger partial charge >= 0.3 is 0 Å². The van der Waals surface area contributed by atoms with Crippen LogP contribution >= 0.6 is 405 Å². The highest BCUT2D eigenvalue weighted by Gasteiger charge is 2.05. The van der Waals surface area contributed by atoms with Crippen molar-refractivity contribution in [2.24, 2.45) is 0 Å². The van der Waals surface area contributed by atoms with Crippen LogP contribution < -0.4 is 0 Å². The molecule has 0 fully saturated rings. The predicted octanol–water partition coefficient (Wildman–Crippen LogP) is 26.4. The van der Waals surface area contributed by atoms with E-state index in [1.54, 1.807) is 154 Å². The van der Waals surface area contributed by atoms with E-state index in [1.165, 1.54) is 19.7 Å². The van der Waals surface area contributed by atoms with Gasteiger partial charge in [0.15, 0.2) is 0 Å². The summed E-state index contributed by atoms with van der Waals surface area (Å²) in [4.78, 5) is 0. The monoisotopic (exact) mass is 1440 g/mol. The van der Waals surface area contributed by atoms with Crippen molar-refractivity contribution in [3.8, 4) is 0 Å². The lowest BCUT2D eigenvalue weighted by molar-refractivity contribution is 0.491. The fraction of sp³-hybridized carbons (Fsp3) is 1.00. The molecule has 0 aromatic heterocycles. The number of hydrogen-bond donors (Lipinski definition) is 1. The lowest BCUT2D eigenvalue weighted by atomic mass is 11.8. The molecule has 45 heteroatoms. The summed E-state index contributed by atoms with van der Waals surface area (Å²) in [5, 5.41) is 0. The van der Waals surface area contributed by atoms with Crippen LogP contribution in [0.3, 0.4) is 0 Å². The Morgan fingerprint density at radius 3 is 0.609 bits per heavy atom. The maximum atomic E-state index is 5.16. The molecule has 0 spiro atoms. The van der Waals surface area contributed by atoms with Gasteiger partial charge in [-0.2, -0.15) is 0 Å². The summed E-state index contributed by atoms with van der Waals surface area (Å²) in [5.74, 6) is 0. The Kier molecular flexibility index (Phi) is 72.3. The van der Waals surface area contributed by atoms with Crippen LogP contribution in [0.1, 0.15) is 0 Å². The number of hydrogen-bond acceptors (Lipinski definition) is 44. The first-order chi connectivity index (χ1) is 22.6. The van der Waals surface area contributed by atoms with E-state index in [-0.39, 0.29) is 0 Å². The van der Waals surface area contributed by atoms with Gasteiger partial charge in [0.2, 0.25) is 0 Å². The molecular weight excluding hydrogens is 1440 g/mol. The molecule has 0 aliphatic rings. The molecule has 0 radical (unpaired) electrons. The Balaban J connectivity index is 3.07. The summed E-state index contributed by atoms with van der Waals surface area (Å²) in [6, 6.07) is 0. The molecule has 0 saturated heterocycles. The minimum absolute atomic E-state index is 1.46. The molecule has 1 nitrogen and oxygen atoms in total. The van der Waals surface area contributed by atoms with E-state index < -0.39 is 6.46 Å². The predicted molar refractivity (Wildman–Crippen MR) is 342 cm³/mol. The topological polar surface area (TPSA) is 9.23 Å². The number of thiol groups is 1. The normalized spacial score (nSPS) is 12.0. The quantitative estimate of drug-likeness (QED) is 0.0353. The summed E-state index contributed by atoms with van der Waals surface area (Å²) in [6.07, 6.45) is 0. The molecule has 0 atom stereocenters. The summed E-state index contributed by atoms with van der Waals surface area (Å²) in [7, 11) is 72.6. The summed E-state index contributed by atoms with van der Waals surface area (Å²) in [6.45, 7) is -1.79. The zero-order valence-electron chi connectivity index (χ0n) is 19.4. The Bertz CT molecular complexity index is 638. The van der Waals surface area contributed by atoms with Gasteiger partial charge in [0.05, 0.1) is 13.6 Å². The molecule has 0 N–H and O–H groups in total. The van der Waals surface area contributed by atoms with Crippen LogP contribution in [0.2, 0.25) is 0 Å². The lowest BCUT2D eigenvalue weighted by Gasteiger charge is -2.03. The Morgan fingerprint density at radius 1 is 0.304 bits per heavy atom. The van der Waals surface area contributed by atoms with Crippen molar-refractivity contribution in [2.75, 3.05) is 7.11 Å². The third kappa shape index (κ3) is 55.2. The van der Waals surface area contributed by atoms with Gasteiger partial charge in [0.1, 0.15) is 0 Å². The van der Waals surface area contributed by atoms with Gasteiger partial charge in [-0.25, -0.2) is 0 Å². The first kappa shape index (κ1) is 61.1. The van der Waals surface area contributed by atoms with Crippen molar-refractivity contribution in [1.82, 2.24) is 0 Å². The van der Waals surface area contributed by atoms with Crippen molar-refractivity contribution in [3.05, 3.63) is 0 Å². The van der Waals surface area contributed by atoms with E-state index in [4.69, 9.17) is 26.6 Å². The number of rotatable bonds is 41. The van der Waals surface area contributed by atoms with Crippen LogP contribution in [0.4, 0.5) is 0 Å². The van der Waals surface area contributed by atoms with Gasteiger partial charge in [0.25, 0.3) is 0 Å². The van der Waals surface area contributed by atoms with Crippen LogP contribution in [0.5, 0.6) is 0 Å². The van der Waals surface area contributed by atoms with E-state index in [1.807, 2.05) is 226 Å². The molecule has 0 aliphatic carbocycles. The molecule has 0 aliphatic heterocycles. The second kappa shape index (κ2) is 54.4. The third-order valence-corrected chi connectivity index (χ3v) is 95.1. The molecule has 46 heavy (non-hydrogen) atoms. The fourth-order valence-corrected chi connectivity index (χ4v) is 112. The largest absolute Gasteiger partial charge is 0.305 e. The van der Waals surface area contributed by atoms with E-state index >= 15 is 0 Å². The molecule has 0 saturated carbocycles. The van der Waals surface area contributed by atoms with E-state index in [0.29, 0.717) is 0 Å². The lowest BCUT2D eigenvalue weighted by Crippen LogP contribution is -1.87. The van der Waals surface area contributed by atoms with Crippen LogP contribution in [-0.4, -0.2) is 7.11 Å². The average molecular weight is 1440 g/mol. The summed E-state index contributed by atoms with van der Waals surface area (Å²) in [5.41, 5.74) is 0. The van der Waals surface area contributed by atoms with Crippen LogP contribution in [0, 0.1) is 0 Å². The molecule has 0 bridgehead atoms. The first-order valence-electron chi connectivity index (χ1n) is 7.76. The maximum absolute atomic E-state index is 5.16. The second-order valence-electron chi connectivity index (χ2n) is 3.30. The van der Waals surface area contributed by atoms with E-state index in [0.717, 1.165) is 0 Å². The van der Waals surface area contributed by atoms with Gasteiger partial charge in [-0.05, 0) is 101 Å². The van der Waals surface area contributed by atoms with Gasteiger partial charge < -0.3 is 4.18 Å². The Hall–Kier alpha value is 15.1. The molecule has 0 amide bonds. The zero-order valence-corrected chi connectivity index (χ0v) is 55.4. The molecule has 278 valence electrons. The minimum atomic E-state index is -1.79. The zero-order chi connectivity index (χ0) is 33.5. The fourth-order valence-electron chi connectivity index (χ4n) is 0.494. The van der Waals surface area contributed by atoms with Crippen LogP contribution in [-0.2, 0) is 33.0 Å². The Labute approximate surface area is 433 Å². The molecule has 0 aromatic rings.